The molecule has 48 heavy (non-hydrogen) atoms. The van der Waals surface area contributed by atoms with E-state index in [9.17, 15) is 0 Å². The molecule has 4 aromatic rings. The molecule has 4 heteroatoms. The predicted octanol–water partition coefficient (Wildman–Crippen LogP) is 13.5. The first-order valence-corrected chi connectivity index (χ1v) is 31.4. The molecule has 3 unspecified atom stereocenters. The number of hydrogen-bond donors (Lipinski definition) is 0. The molecule has 0 saturated heterocycles. The van der Waals surface area contributed by atoms with Crippen molar-refractivity contribution in [3.8, 4) is 22.3 Å². The van der Waals surface area contributed by atoms with Crippen LogP contribution in [0.3, 0.4) is 0 Å². The molecule has 254 valence electrons. The summed E-state index contributed by atoms with van der Waals surface area (Å²) < 4.78 is 6.63. The minimum atomic E-state index is -3.69. The molecule has 0 saturated carbocycles. The summed E-state index contributed by atoms with van der Waals surface area (Å²) in [5.74, 6) is 1.67. The minimum Gasteiger partial charge on any atom is -0.147 e. The number of rotatable bonds is 9. The van der Waals surface area contributed by atoms with Gasteiger partial charge in [-0.05, 0) is 0 Å². The van der Waals surface area contributed by atoms with E-state index in [2.05, 4.69) is 162 Å². The minimum absolute atomic E-state index is 0. The first-order valence-electron chi connectivity index (χ1n) is 17.7. The van der Waals surface area contributed by atoms with Crippen molar-refractivity contribution in [1.29, 1.82) is 0 Å². The smallest absolute Gasteiger partial charge is 0.147 e. The van der Waals surface area contributed by atoms with Gasteiger partial charge >= 0.3 is 284 Å². The molecule has 2 aliphatic carbocycles. The van der Waals surface area contributed by atoms with Gasteiger partial charge in [0.1, 0.15) is 0 Å². The third kappa shape index (κ3) is 6.86. The molecule has 0 aromatic heterocycles. The van der Waals surface area contributed by atoms with Crippen molar-refractivity contribution in [1.82, 2.24) is 0 Å². The zero-order chi connectivity index (χ0) is 33.0. The first kappa shape index (κ1) is 38.8. The predicted molar refractivity (Wildman–Crippen MR) is 218 cm³/mol. The maximum atomic E-state index is 2.79. The third-order valence-corrected chi connectivity index (χ3v) is 29.0. The average molecular weight is 775 g/mol. The Hall–Kier alpha value is -1.96. The molecule has 4 aromatic carbocycles. The summed E-state index contributed by atoms with van der Waals surface area (Å²) in [5, 5.41) is 0. The van der Waals surface area contributed by atoms with Gasteiger partial charge in [-0.2, -0.15) is 0 Å². The summed E-state index contributed by atoms with van der Waals surface area (Å²) in [6, 6.07) is 33.1. The molecule has 0 heterocycles. The second-order valence-corrected chi connectivity index (χ2v) is 46.7. The number of allylic oxidation sites excluding steroid dienone is 2. The van der Waals surface area contributed by atoms with Crippen LogP contribution in [0.25, 0.3) is 34.4 Å². The van der Waals surface area contributed by atoms with E-state index in [1.165, 1.54) is 57.3 Å². The maximum Gasteiger partial charge on any atom is -0.147 e. The van der Waals surface area contributed by atoms with E-state index in [1.807, 2.05) is 0 Å². The fourth-order valence-corrected chi connectivity index (χ4v) is 29.5. The number of halogens is 2. The van der Waals surface area contributed by atoms with E-state index in [-0.39, 0.29) is 24.8 Å². The van der Waals surface area contributed by atoms with Gasteiger partial charge in [0.2, 0.25) is 0 Å². The van der Waals surface area contributed by atoms with Gasteiger partial charge in [-0.15, -0.1) is 24.8 Å². The second kappa shape index (κ2) is 14.7. The van der Waals surface area contributed by atoms with E-state index in [0.717, 1.165) is 0 Å². The van der Waals surface area contributed by atoms with Crippen LogP contribution in [0.4, 0.5) is 0 Å². The van der Waals surface area contributed by atoms with E-state index in [1.54, 1.807) is 22.3 Å². The molecule has 3 atom stereocenters. The summed E-state index contributed by atoms with van der Waals surface area (Å²) in [6.45, 7) is 18.9. The summed E-state index contributed by atoms with van der Waals surface area (Å²) in [5.41, 5.74) is 17.7. The van der Waals surface area contributed by atoms with Crippen molar-refractivity contribution in [2.45, 2.75) is 89.7 Å². The van der Waals surface area contributed by atoms with Crippen LogP contribution >= 0.6 is 24.8 Å². The molecular weight excluding hydrogens is 719 g/mol. The SMILES string of the molecule is CCCC(C)C1=Cc2c(-c3ccc(C(C)C)cc3)cccc2[CH]1[Zr]([CH3])([CH3])(=[SiH2])[CH]1C(C)=Cc2c(-c3ccc(C(C)C)cc3)cccc21.Cl.Cl. The van der Waals surface area contributed by atoms with Gasteiger partial charge in [0.05, 0.1) is 0 Å². The van der Waals surface area contributed by atoms with Gasteiger partial charge in [0, 0.05) is 0 Å². The maximum absolute atomic E-state index is 3.69. The van der Waals surface area contributed by atoms with E-state index >= 15 is 0 Å². The monoisotopic (exact) mass is 772 g/mol. The second-order valence-electron chi connectivity index (χ2n) is 16.2. The van der Waals surface area contributed by atoms with E-state index < -0.39 is 17.4 Å². The zero-order valence-electron chi connectivity index (χ0n) is 30.6. The summed E-state index contributed by atoms with van der Waals surface area (Å²) in [4.78, 5) is 0. The number of hydrogen-bond acceptors (Lipinski definition) is 0. The molecule has 0 radical (unpaired) electrons. The fraction of sp³-hybridized carbons (Fsp3) is 0.364. The van der Waals surface area contributed by atoms with Crippen molar-refractivity contribution in [2.24, 2.45) is 5.92 Å². The van der Waals surface area contributed by atoms with Gasteiger partial charge < -0.3 is 0 Å². The van der Waals surface area contributed by atoms with Crippen LogP contribution in [0.15, 0.2) is 96.1 Å². The molecule has 0 fully saturated rings. The van der Waals surface area contributed by atoms with Crippen molar-refractivity contribution in [3.63, 3.8) is 0 Å². The Morgan fingerprint density at radius 2 is 1.06 bits per heavy atom. The van der Waals surface area contributed by atoms with Crippen LogP contribution in [0.2, 0.25) is 9.26 Å². The Kier molecular flexibility index (Phi) is 11.9. The van der Waals surface area contributed by atoms with Gasteiger partial charge in [0.25, 0.3) is 0 Å². The molecule has 2 aliphatic rings. The van der Waals surface area contributed by atoms with E-state index in [0.29, 0.717) is 25.0 Å². The van der Waals surface area contributed by atoms with Crippen LogP contribution in [0.1, 0.15) is 114 Å². The third-order valence-electron chi connectivity index (χ3n) is 11.3. The molecule has 6 rings (SSSR count). The molecule has 0 aliphatic heterocycles. The molecule has 0 amide bonds. The van der Waals surface area contributed by atoms with Crippen LogP contribution in [-0.2, 0) is 17.4 Å². The quantitative estimate of drug-likeness (QED) is 0.149. The topological polar surface area (TPSA) is 0 Å². The van der Waals surface area contributed by atoms with Crippen LogP contribution < -0.4 is 0 Å². The molecule has 0 nitrogen and oxygen atoms in total. The Labute approximate surface area is 306 Å². The van der Waals surface area contributed by atoms with Gasteiger partial charge in [-0.1, -0.05) is 0 Å². The Bertz CT molecular complexity index is 1900. The Balaban J connectivity index is 0.00000260. The molecular formula is C44H56Cl2SiZr. The van der Waals surface area contributed by atoms with Crippen LogP contribution in [-0.4, -0.2) is 6.88 Å². The van der Waals surface area contributed by atoms with Gasteiger partial charge in [-0.25, -0.2) is 0 Å². The summed E-state index contributed by atoms with van der Waals surface area (Å²) >= 11 is -3.69. The Morgan fingerprint density at radius 1 is 0.625 bits per heavy atom. The molecule has 0 N–H and O–H groups in total. The normalized spacial score (nSPS) is 17.7. The molecule has 0 spiro atoms. The number of benzene rings is 4. The molecule has 0 bridgehead atoms. The standard InChI is InChI=1S/C23H27.C19H19.2CH3.2ClH.H2Si.Zr/c1-5-7-17(4)21-14-20-8-6-9-22(23(20)15-21)19-12-10-18(11-13-19)16(2)3;1-13(2)15-7-9-16(10-8-15)18-6-4-5-17-11-14(3)12-19(17)18;;;;;;/h6,8-17H,5,7H2,1-4H3;4-13H,1-3H3;2*1H3;2*1H;1H2;. The number of fused-ring (bicyclic) bond motifs is 2. The van der Waals surface area contributed by atoms with Crippen molar-refractivity contribution >= 4 is 43.8 Å². The van der Waals surface area contributed by atoms with Crippen LogP contribution in [0, 0.1) is 5.92 Å². The van der Waals surface area contributed by atoms with Crippen molar-refractivity contribution in [3.05, 3.63) is 129 Å². The first-order chi connectivity index (χ1) is 21.8. The van der Waals surface area contributed by atoms with Crippen LogP contribution in [0.5, 0.6) is 0 Å². The summed E-state index contributed by atoms with van der Waals surface area (Å²) in [7, 11) is 0. The van der Waals surface area contributed by atoms with E-state index in [4.69, 9.17) is 0 Å². The summed E-state index contributed by atoms with van der Waals surface area (Å²) in [6.07, 6.45) is 7.68. The zero-order valence-corrected chi connectivity index (χ0v) is 36.1. The average Bonchev–Trinajstić information content (AvgIpc) is 3.60. The Morgan fingerprint density at radius 3 is 1.50 bits per heavy atom. The van der Waals surface area contributed by atoms with Gasteiger partial charge in [0.15, 0.2) is 0 Å². The van der Waals surface area contributed by atoms with Gasteiger partial charge in [-0.3, -0.25) is 0 Å². The largest absolute Gasteiger partial charge is 0.147 e. The fourth-order valence-electron chi connectivity index (χ4n) is 9.09. The van der Waals surface area contributed by atoms with Crippen molar-refractivity contribution in [2.75, 3.05) is 0 Å². The van der Waals surface area contributed by atoms with Crippen molar-refractivity contribution < 1.29 is 17.4 Å².